The van der Waals surface area contributed by atoms with E-state index in [1.165, 1.54) is 5.56 Å². The second-order valence-corrected chi connectivity index (χ2v) is 22.1. The third-order valence-corrected chi connectivity index (χ3v) is 15.3. The van der Waals surface area contributed by atoms with Crippen LogP contribution in [-0.2, 0) is 35.2 Å². The molecule has 14 nitrogen and oxygen atoms in total. The van der Waals surface area contributed by atoms with E-state index in [1.807, 2.05) is 96.1 Å². The van der Waals surface area contributed by atoms with E-state index in [1.54, 1.807) is 33.3 Å². The molecule has 2 N–H and O–H groups in total. The van der Waals surface area contributed by atoms with E-state index >= 15 is 0 Å². The van der Waals surface area contributed by atoms with E-state index < -0.39 is 23.0 Å². The average Bonchev–Trinajstić information content (AvgIpc) is 4.01. The molecule has 3 saturated heterocycles. The lowest BCUT2D eigenvalue weighted by molar-refractivity contribution is -0.144. The molecule has 3 aromatic carbocycles. The van der Waals surface area contributed by atoms with Crippen molar-refractivity contribution in [1.82, 2.24) is 25.4 Å². The zero-order chi connectivity index (χ0) is 51.0. The van der Waals surface area contributed by atoms with Crippen LogP contribution in [0.3, 0.4) is 0 Å². The van der Waals surface area contributed by atoms with E-state index in [0.29, 0.717) is 61.7 Å². The number of aryl methyl sites for hydroxylation is 2. The predicted octanol–water partition coefficient (Wildman–Crippen LogP) is 8.97. The van der Waals surface area contributed by atoms with Crippen LogP contribution in [0.25, 0.3) is 15.3 Å². The highest BCUT2D eigenvalue weighted by atomic mass is 32.1. The Labute approximate surface area is 429 Å². The summed E-state index contributed by atoms with van der Waals surface area (Å²) in [5.74, 6) is -0.331. The van der Waals surface area contributed by atoms with Gasteiger partial charge < -0.3 is 34.8 Å². The summed E-state index contributed by atoms with van der Waals surface area (Å²) >= 11 is 7.50. The van der Waals surface area contributed by atoms with Gasteiger partial charge in [0.2, 0.25) is 17.7 Å². The van der Waals surface area contributed by atoms with Crippen molar-refractivity contribution in [1.29, 1.82) is 0 Å². The van der Waals surface area contributed by atoms with Crippen LogP contribution in [0.1, 0.15) is 102 Å². The summed E-state index contributed by atoms with van der Waals surface area (Å²) in [6.45, 7) is 28.0. The van der Waals surface area contributed by atoms with E-state index in [2.05, 4.69) is 49.6 Å². The first kappa shape index (κ1) is 53.2. The third-order valence-electron chi connectivity index (χ3n) is 14.0. The molecule has 3 aliphatic rings. The summed E-state index contributed by atoms with van der Waals surface area (Å²) < 4.78 is 11.7. The van der Waals surface area contributed by atoms with Crippen molar-refractivity contribution in [2.45, 2.75) is 118 Å². The Morgan fingerprint density at radius 2 is 1.63 bits per heavy atom. The van der Waals surface area contributed by atoms with Gasteiger partial charge >= 0.3 is 0 Å². The maximum atomic E-state index is 14.1. The van der Waals surface area contributed by atoms with E-state index in [9.17, 15) is 19.2 Å². The highest BCUT2D eigenvalue weighted by molar-refractivity contribution is 7.81. The summed E-state index contributed by atoms with van der Waals surface area (Å²) in [6, 6.07) is 20.5. The number of thiazole rings is 1. The van der Waals surface area contributed by atoms with Crippen molar-refractivity contribution in [3.05, 3.63) is 106 Å². The minimum absolute atomic E-state index is 0.102. The lowest BCUT2D eigenvalue weighted by Crippen LogP contribution is -2.58. The van der Waals surface area contributed by atoms with Crippen LogP contribution < -0.4 is 20.4 Å². The summed E-state index contributed by atoms with van der Waals surface area (Å²) in [6.07, 6.45) is 4.20. The quantitative estimate of drug-likeness (QED) is 0.0532. The minimum atomic E-state index is -0.870. The van der Waals surface area contributed by atoms with Gasteiger partial charge in [0.1, 0.15) is 24.2 Å². The molecule has 0 bridgehead atoms. The second-order valence-electron chi connectivity index (χ2n) is 20.9. The molecule has 0 radical (unpaired) electrons. The molecule has 3 atom stereocenters. The van der Waals surface area contributed by atoms with Gasteiger partial charge in [-0.25, -0.2) is 9.83 Å². The number of nitrogens with zero attached hydrogens (tertiary/aromatic N) is 6. The van der Waals surface area contributed by atoms with Crippen molar-refractivity contribution in [2.75, 3.05) is 62.4 Å². The van der Waals surface area contributed by atoms with Gasteiger partial charge in [-0.1, -0.05) is 70.2 Å². The summed E-state index contributed by atoms with van der Waals surface area (Å²) in [4.78, 5) is 71.1. The minimum Gasteiger partial charge on any atom is -0.380 e. The summed E-state index contributed by atoms with van der Waals surface area (Å²) in [7, 11) is 0. The first-order valence-corrected chi connectivity index (χ1v) is 26.2. The Bertz CT molecular complexity index is 2580. The maximum Gasteiger partial charge on any atom is 0.259 e. The molecule has 0 spiro atoms. The van der Waals surface area contributed by atoms with Crippen LogP contribution in [0.15, 0.2) is 72.2 Å². The van der Waals surface area contributed by atoms with Crippen molar-refractivity contribution in [3.63, 3.8) is 0 Å². The van der Waals surface area contributed by atoms with Gasteiger partial charge in [-0.05, 0) is 149 Å². The van der Waals surface area contributed by atoms with Crippen molar-refractivity contribution >= 4 is 69.4 Å². The van der Waals surface area contributed by atoms with Crippen molar-refractivity contribution in [2.24, 2.45) is 11.3 Å². The number of anilines is 2. The van der Waals surface area contributed by atoms with Crippen LogP contribution in [0.2, 0.25) is 0 Å². The standard InChI is InChI=1S/C55H70N8O6S2/c1-36-30-46(50(65)57-32-39-12-14-42(15-13-39)48-38(3)58-35-71-48)61(33-36)51(66)49(54(4,5)6)59-47(64)34-69-28-11-10-27-68-29-26-60-24-22-41(23-25-60)40-16-18-43(19-17-40)63-53(70)62(52(67)55(63,7)8)44-20-21-45(56-9)37(2)31-44/h12-21,31,35-36,41,46,49H,10-11,22-30,32-34H2,1-8H3,(H,57,65)(H,59,64)/t36-,46+,49-/m1/s1. The zero-order valence-electron chi connectivity index (χ0n) is 42.6. The third kappa shape index (κ3) is 12.7. The Kier molecular flexibility index (Phi) is 17.5. The lowest BCUT2D eigenvalue weighted by Gasteiger charge is -2.35. The van der Waals surface area contributed by atoms with Gasteiger partial charge in [0, 0.05) is 44.2 Å². The SMILES string of the molecule is [C-]#[N+]c1ccc(N2C(=O)C(C)(C)N(c3ccc(C4CCN(CCOCCCCOCC(=O)N[C@H](C(=O)N5C[C@H](C)C[C@H]5C(=O)NCc5ccc(-c6scnc6C)cc5)C(C)(C)C)CC4)cc3)C2=S)cc1C. The maximum absolute atomic E-state index is 14.1. The van der Waals surface area contributed by atoms with Crippen molar-refractivity contribution in [3.8, 4) is 10.4 Å². The number of carbonyl (C=O) groups is 4. The fraction of sp³-hybridized carbons (Fsp3) is 0.509. The number of benzene rings is 3. The number of ether oxygens (including phenoxy) is 2. The highest BCUT2D eigenvalue weighted by Gasteiger charge is 2.50. The fourth-order valence-corrected chi connectivity index (χ4v) is 11.2. The van der Waals surface area contributed by atoms with Gasteiger partial charge in [0.05, 0.1) is 29.3 Å². The van der Waals surface area contributed by atoms with E-state index in [4.69, 9.17) is 28.3 Å². The van der Waals surface area contributed by atoms with Crippen LogP contribution in [0.5, 0.6) is 0 Å². The van der Waals surface area contributed by atoms with Crippen LogP contribution in [-0.4, -0.2) is 114 Å². The summed E-state index contributed by atoms with van der Waals surface area (Å²) in [5, 5.41) is 6.41. The predicted molar refractivity (Wildman–Crippen MR) is 285 cm³/mol. The number of thiocarbonyl (C=S) groups is 1. The molecule has 4 amide bonds. The van der Waals surface area contributed by atoms with E-state index in [-0.39, 0.29) is 36.2 Å². The second kappa shape index (κ2) is 23.3. The number of unbranched alkanes of at least 4 members (excludes halogenated alkanes) is 1. The number of carbonyl (C=O) groups excluding carboxylic acids is 4. The number of amides is 4. The summed E-state index contributed by atoms with van der Waals surface area (Å²) in [5.41, 5.74) is 7.61. The molecule has 7 rings (SSSR count). The lowest BCUT2D eigenvalue weighted by atomic mass is 9.85. The normalized spacial score (nSPS) is 19.0. The van der Waals surface area contributed by atoms with Gasteiger partial charge in [-0.15, -0.1) is 11.3 Å². The van der Waals surface area contributed by atoms with Gasteiger partial charge in [-0.2, -0.15) is 0 Å². The molecule has 4 heterocycles. The Hall–Kier alpha value is -5.57. The Balaban J connectivity index is 0.769. The molecule has 16 heteroatoms. The molecule has 0 unspecified atom stereocenters. The van der Waals surface area contributed by atoms with Crippen LogP contribution >= 0.6 is 23.6 Å². The van der Waals surface area contributed by atoms with Crippen LogP contribution in [0, 0.1) is 31.8 Å². The number of hydrogen-bond acceptors (Lipinski definition) is 10. The fourth-order valence-electron chi connectivity index (χ4n) is 9.83. The molecule has 4 aromatic rings. The molecular weight excluding hydrogens is 933 g/mol. The van der Waals surface area contributed by atoms with E-state index in [0.717, 1.165) is 78.3 Å². The number of aromatic nitrogens is 1. The Morgan fingerprint density at radius 1 is 0.958 bits per heavy atom. The first-order valence-electron chi connectivity index (χ1n) is 24.9. The smallest absolute Gasteiger partial charge is 0.259 e. The molecule has 3 aliphatic heterocycles. The van der Waals surface area contributed by atoms with Crippen molar-refractivity contribution < 1.29 is 28.7 Å². The average molecular weight is 1000 g/mol. The van der Waals surface area contributed by atoms with Gasteiger partial charge in [0.25, 0.3) is 5.91 Å². The number of rotatable bonds is 19. The molecule has 0 aliphatic carbocycles. The zero-order valence-corrected chi connectivity index (χ0v) is 44.2. The number of nitrogens with one attached hydrogen (secondary N) is 2. The molecular formula is C55H70N8O6S2. The molecule has 71 heavy (non-hydrogen) atoms. The molecule has 378 valence electrons. The van der Waals surface area contributed by atoms with Crippen LogP contribution in [0.4, 0.5) is 17.1 Å². The largest absolute Gasteiger partial charge is 0.380 e. The molecule has 3 fully saturated rings. The molecule has 0 saturated carbocycles. The number of likely N-dealkylation sites (tertiary alicyclic amines) is 2. The Morgan fingerprint density at radius 3 is 2.27 bits per heavy atom. The monoisotopic (exact) mass is 1000 g/mol. The molecule has 1 aromatic heterocycles. The van der Waals surface area contributed by atoms with Gasteiger partial charge in [0.15, 0.2) is 10.8 Å². The number of hydrogen-bond donors (Lipinski definition) is 2. The topological polar surface area (TPSA) is 141 Å². The first-order chi connectivity index (χ1) is 33.9. The van der Waals surface area contributed by atoms with Gasteiger partial charge in [-0.3, -0.25) is 24.1 Å². The highest BCUT2D eigenvalue weighted by Crippen LogP contribution is 2.39. The number of piperidine rings is 1.